The number of hydrogen-bond donors (Lipinski definition) is 3. The van der Waals surface area contributed by atoms with E-state index in [2.05, 4.69) is 14.9 Å². The van der Waals surface area contributed by atoms with E-state index in [9.17, 15) is 8.42 Å². The highest BCUT2D eigenvalue weighted by Gasteiger charge is 2.20. The molecule has 1 aromatic carbocycles. The molecule has 0 aliphatic rings. The highest BCUT2D eigenvalue weighted by Crippen LogP contribution is 2.21. The summed E-state index contributed by atoms with van der Waals surface area (Å²) in [6.45, 7) is 3.49. The van der Waals surface area contributed by atoms with Crippen molar-refractivity contribution in [3.8, 4) is 0 Å². The van der Waals surface area contributed by atoms with Gasteiger partial charge in [0.25, 0.3) is 0 Å². The smallest absolute Gasteiger partial charge is 0.241 e. The normalized spacial score (nSPS) is 13.4. The maximum absolute atomic E-state index is 12.3. The molecule has 7 heteroatoms. The maximum Gasteiger partial charge on any atom is 0.241 e. The van der Waals surface area contributed by atoms with E-state index >= 15 is 0 Å². The molecule has 2 aromatic rings. The highest BCUT2D eigenvalue weighted by atomic mass is 32.2. The van der Waals surface area contributed by atoms with Crippen LogP contribution in [-0.4, -0.2) is 18.6 Å². The topological polar surface area (TPSA) is 101 Å². The Balaban J connectivity index is 2.30. The average Bonchev–Trinajstić information content (AvgIpc) is 2.85. The third kappa shape index (κ3) is 2.94. The molecule has 1 aromatic heterocycles. The molecule has 2 rings (SSSR count). The molecule has 0 aliphatic heterocycles. The molecule has 0 bridgehead atoms. The Morgan fingerprint density at radius 2 is 2.16 bits per heavy atom. The van der Waals surface area contributed by atoms with Gasteiger partial charge in [-0.1, -0.05) is 6.07 Å². The number of nitrogens with zero attached hydrogens (tertiary/aromatic N) is 1. The summed E-state index contributed by atoms with van der Waals surface area (Å²) in [5, 5.41) is 6.45. The summed E-state index contributed by atoms with van der Waals surface area (Å²) in [5.74, 6) is 0. The summed E-state index contributed by atoms with van der Waals surface area (Å²) in [6, 6.07) is 4.45. The monoisotopic (exact) mass is 280 g/mol. The third-order valence-electron chi connectivity index (χ3n) is 2.85. The number of nitrogens with two attached hydrogens (primary N) is 1. The van der Waals surface area contributed by atoms with Crippen LogP contribution < -0.4 is 10.5 Å². The second-order valence-corrected chi connectivity index (χ2v) is 6.08. The largest absolute Gasteiger partial charge is 0.399 e. The summed E-state index contributed by atoms with van der Waals surface area (Å²) >= 11 is 0. The van der Waals surface area contributed by atoms with Crippen molar-refractivity contribution in [1.29, 1.82) is 0 Å². The molecule has 102 valence electrons. The fourth-order valence-corrected chi connectivity index (χ4v) is 3.28. The van der Waals surface area contributed by atoms with Crippen molar-refractivity contribution in [2.24, 2.45) is 0 Å². The Morgan fingerprint density at radius 1 is 1.42 bits per heavy atom. The van der Waals surface area contributed by atoms with Gasteiger partial charge < -0.3 is 5.73 Å². The zero-order chi connectivity index (χ0) is 14.0. The number of anilines is 1. The molecule has 0 amide bonds. The van der Waals surface area contributed by atoms with Crippen LogP contribution in [0.4, 0.5) is 5.69 Å². The lowest BCUT2D eigenvalue weighted by atomic mass is 10.2. The predicted octanol–water partition coefficient (Wildman–Crippen LogP) is 1.34. The van der Waals surface area contributed by atoms with Gasteiger partial charge in [-0.3, -0.25) is 5.10 Å². The van der Waals surface area contributed by atoms with Crippen molar-refractivity contribution in [3.05, 3.63) is 41.7 Å². The van der Waals surface area contributed by atoms with E-state index < -0.39 is 10.0 Å². The van der Waals surface area contributed by atoms with Crippen LogP contribution in [0.3, 0.4) is 0 Å². The Hall–Kier alpha value is -1.86. The molecule has 1 atom stereocenters. The van der Waals surface area contributed by atoms with Crippen LogP contribution in [-0.2, 0) is 10.0 Å². The van der Waals surface area contributed by atoms with Gasteiger partial charge in [0.15, 0.2) is 0 Å². The molecule has 0 saturated heterocycles. The number of nitrogen functional groups attached to an aromatic ring is 1. The van der Waals surface area contributed by atoms with Crippen molar-refractivity contribution in [2.75, 3.05) is 5.73 Å². The first-order valence-corrected chi connectivity index (χ1v) is 7.25. The minimum Gasteiger partial charge on any atom is -0.399 e. The van der Waals surface area contributed by atoms with Crippen LogP contribution in [0, 0.1) is 6.92 Å². The number of aromatic nitrogens is 2. The van der Waals surface area contributed by atoms with Crippen LogP contribution in [0.1, 0.15) is 24.1 Å². The Kier molecular flexibility index (Phi) is 3.59. The average molecular weight is 280 g/mol. The van der Waals surface area contributed by atoms with Crippen molar-refractivity contribution < 1.29 is 8.42 Å². The second-order valence-electron chi connectivity index (χ2n) is 4.40. The Labute approximate surface area is 112 Å². The number of H-pyrrole nitrogens is 1. The van der Waals surface area contributed by atoms with E-state index in [1.165, 1.54) is 6.07 Å². The van der Waals surface area contributed by atoms with Crippen molar-refractivity contribution in [1.82, 2.24) is 14.9 Å². The minimum atomic E-state index is -3.61. The number of nitrogens with one attached hydrogen (secondary N) is 2. The molecule has 6 nitrogen and oxygen atoms in total. The number of rotatable bonds is 4. The SMILES string of the molecule is Cc1ccc(N)cc1S(=O)(=O)NC(C)c1cn[nH]c1. The molecular weight excluding hydrogens is 264 g/mol. The first-order valence-electron chi connectivity index (χ1n) is 5.77. The van der Waals surface area contributed by atoms with Gasteiger partial charge in [0, 0.05) is 23.5 Å². The quantitative estimate of drug-likeness (QED) is 0.736. The predicted molar refractivity (Wildman–Crippen MR) is 72.9 cm³/mol. The lowest BCUT2D eigenvalue weighted by molar-refractivity contribution is 0.566. The van der Waals surface area contributed by atoms with E-state index in [0.29, 0.717) is 11.3 Å². The van der Waals surface area contributed by atoms with E-state index in [-0.39, 0.29) is 10.9 Å². The van der Waals surface area contributed by atoms with Gasteiger partial charge in [0.1, 0.15) is 0 Å². The molecule has 1 unspecified atom stereocenters. The van der Waals surface area contributed by atoms with Crippen molar-refractivity contribution >= 4 is 15.7 Å². The van der Waals surface area contributed by atoms with Crippen LogP contribution in [0.25, 0.3) is 0 Å². The van der Waals surface area contributed by atoms with Crippen LogP contribution in [0.2, 0.25) is 0 Å². The first-order chi connectivity index (χ1) is 8.90. The Morgan fingerprint density at radius 3 is 2.79 bits per heavy atom. The zero-order valence-corrected chi connectivity index (χ0v) is 11.5. The van der Waals surface area contributed by atoms with E-state index in [0.717, 1.165) is 5.56 Å². The van der Waals surface area contributed by atoms with Gasteiger partial charge in [-0.25, -0.2) is 13.1 Å². The standard InChI is InChI=1S/C12H16N4O2S/c1-8-3-4-11(13)5-12(8)19(17,18)16-9(2)10-6-14-15-7-10/h3-7,9,16H,13H2,1-2H3,(H,14,15). The van der Waals surface area contributed by atoms with Gasteiger partial charge in [-0.05, 0) is 31.5 Å². The Bertz CT molecular complexity index is 665. The molecule has 0 saturated carbocycles. The van der Waals surface area contributed by atoms with Gasteiger partial charge in [-0.15, -0.1) is 0 Å². The third-order valence-corrected chi connectivity index (χ3v) is 4.54. The van der Waals surface area contributed by atoms with E-state index in [1.807, 2.05) is 0 Å². The summed E-state index contributed by atoms with van der Waals surface area (Å²) in [4.78, 5) is 0.197. The molecule has 0 radical (unpaired) electrons. The lowest BCUT2D eigenvalue weighted by Gasteiger charge is -2.14. The molecule has 0 spiro atoms. The van der Waals surface area contributed by atoms with Crippen LogP contribution >= 0.6 is 0 Å². The van der Waals surface area contributed by atoms with Gasteiger partial charge >= 0.3 is 0 Å². The molecule has 0 aliphatic carbocycles. The second kappa shape index (κ2) is 5.02. The summed E-state index contributed by atoms with van der Waals surface area (Å²) in [7, 11) is -3.61. The van der Waals surface area contributed by atoms with Crippen molar-refractivity contribution in [2.45, 2.75) is 24.8 Å². The lowest BCUT2D eigenvalue weighted by Crippen LogP contribution is -2.27. The number of benzene rings is 1. The first kappa shape index (κ1) is 13.6. The number of aryl methyl sites for hydroxylation is 1. The molecule has 1 heterocycles. The van der Waals surface area contributed by atoms with Crippen molar-refractivity contribution in [3.63, 3.8) is 0 Å². The summed E-state index contributed by atoms with van der Waals surface area (Å²) in [5.41, 5.74) is 7.48. The fourth-order valence-electron chi connectivity index (χ4n) is 1.77. The number of aromatic amines is 1. The van der Waals surface area contributed by atoms with E-state index in [1.54, 1.807) is 38.4 Å². The van der Waals surface area contributed by atoms with E-state index in [4.69, 9.17) is 5.73 Å². The van der Waals surface area contributed by atoms with Gasteiger partial charge in [0.2, 0.25) is 10.0 Å². The molecule has 4 N–H and O–H groups in total. The maximum atomic E-state index is 12.3. The molecule has 0 fully saturated rings. The van der Waals surface area contributed by atoms with Gasteiger partial charge in [0.05, 0.1) is 11.1 Å². The molecule has 19 heavy (non-hydrogen) atoms. The fraction of sp³-hybridized carbons (Fsp3) is 0.250. The van der Waals surface area contributed by atoms with Crippen LogP contribution in [0.5, 0.6) is 0 Å². The zero-order valence-electron chi connectivity index (χ0n) is 10.7. The summed E-state index contributed by atoms with van der Waals surface area (Å²) in [6.07, 6.45) is 3.23. The number of sulfonamides is 1. The highest BCUT2D eigenvalue weighted by molar-refractivity contribution is 7.89. The van der Waals surface area contributed by atoms with Gasteiger partial charge in [-0.2, -0.15) is 5.10 Å². The number of hydrogen-bond acceptors (Lipinski definition) is 4. The minimum absolute atomic E-state index is 0.197. The van der Waals surface area contributed by atoms with Crippen LogP contribution in [0.15, 0.2) is 35.5 Å². The summed E-state index contributed by atoms with van der Waals surface area (Å²) < 4.78 is 27.2. The molecular formula is C12H16N4O2S.